The fourth-order valence-corrected chi connectivity index (χ4v) is 2.23. The monoisotopic (exact) mass is 308 g/mol. The number of aryl methyl sites for hydroxylation is 1. The summed E-state index contributed by atoms with van der Waals surface area (Å²) in [5.41, 5.74) is 1.80. The Morgan fingerprint density at radius 3 is 2.86 bits per heavy atom. The minimum atomic E-state index is 0.345. The van der Waals surface area contributed by atoms with Gasteiger partial charge in [-0.15, -0.1) is 0 Å². The third-order valence-corrected chi connectivity index (χ3v) is 3.26. The average molecular weight is 309 g/mol. The normalized spacial score (nSPS) is 11.1. The maximum Gasteiger partial charge on any atom is 0.142 e. The van der Waals surface area contributed by atoms with Gasteiger partial charge < -0.3 is 14.6 Å². The Balaban J connectivity index is 2.02. The molecule has 0 aliphatic heterocycles. The van der Waals surface area contributed by atoms with Gasteiger partial charge in [-0.1, -0.05) is 42.7 Å². The SMILES string of the molecule is Cc1cc(COc2c(Cl)cccc2CNCC(C)C)no1. The number of nitrogens with zero attached hydrogens (tertiary/aromatic N) is 1. The maximum atomic E-state index is 6.25. The number of nitrogens with one attached hydrogen (secondary N) is 1. The predicted molar refractivity (Wildman–Crippen MR) is 83.6 cm³/mol. The van der Waals surface area contributed by atoms with E-state index in [1.54, 1.807) is 0 Å². The molecule has 0 aliphatic carbocycles. The number of aromatic nitrogens is 1. The van der Waals surface area contributed by atoms with Crippen LogP contribution in [0.2, 0.25) is 5.02 Å². The summed E-state index contributed by atoms with van der Waals surface area (Å²) in [7, 11) is 0. The highest BCUT2D eigenvalue weighted by atomic mass is 35.5. The molecule has 0 aliphatic rings. The molecule has 0 fully saturated rings. The van der Waals surface area contributed by atoms with E-state index in [0.717, 1.165) is 30.1 Å². The highest BCUT2D eigenvalue weighted by molar-refractivity contribution is 6.32. The molecule has 1 aromatic heterocycles. The van der Waals surface area contributed by atoms with Gasteiger partial charge in [0, 0.05) is 18.2 Å². The molecule has 2 aromatic rings. The lowest BCUT2D eigenvalue weighted by Crippen LogP contribution is -2.19. The lowest BCUT2D eigenvalue weighted by molar-refractivity contribution is 0.284. The molecule has 0 unspecified atom stereocenters. The van der Waals surface area contributed by atoms with Crippen molar-refractivity contribution >= 4 is 11.6 Å². The van der Waals surface area contributed by atoms with Crippen molar-refractivity contribution < 1.29 is 9.26 Å². The molecular weight excluding hydrogens is 288 g/mol. The standard InChI is InChI=1S/C16H21ClN2O2/c1-11(2)8-18-9-13-5-4-6-15(17)16(13)20-10-14-7-12(3)21-19-14/h4-7,11,18H,8-10H2,1-3H3. The van der Waals surface area contributed by atoms with E-state index in [-0.39, 0.29) is 0 Å². The summed E-state index contributed by atoms with van der Waals surface area (Å²) in [6, 6.07) is 7.63. The minimum Gasteiger partial charge on any atom is -0.485 e. The van der Waals surface area contributed by atoms with Crippen molar-refractivity contribution in [3.63, 3.8) is 0 Å². The Hall–Kier alpha value is -1.52. The Morgan fingerprint density at radius 1 is 1.38 bits per heavy atom. The number of para-hydroxylation sites is 1. The molecule has 0 bridgehead atoms. The third kappa shape index (κ3) is 4.76. The summed E-state index contributed by atoms with van der Waals surface area (Å²) in [4.78, 5) is 0. The molecule has 114 valence electrons. The van der Waals surface area contributed by atoms with Crippen LogP contribution in [0.3, 0.4) is 0 Å². The van der Waals surface area contributed by atoms with Gasteiger partial charge in [0.2, 0.25) is 0 Å². The van der Waals surface area contributed by atoms with Crippen LogP contribution in [0.15, 0.2) is 28.8 Å². The van der Waals surface area contributed by atoms with Crippen molar-refractivity contribution in [3.8, 4) is 5.75 Å². The zero-order valence-electron chi connectivity index (χ0n) is 12.6. The molecule has 0 atom stereocenters. The summed E-state index contributed by atoms with van der Waals surface area (Å²) in [6.45, 7) is 8.23. The lowest BCUT2D eigenvalue weighted by atomic mass is 10.1. The Morgan fingerprint density at radius 2 is 2.19 bits per heavy atom. The van der Waals surface area contributed by atoms with Crippen LogP contribution < -0.4 is 10.1 Å². The Bertz CT molecular complexity index is 581. The van der Waals surface area contributed by atoms with E-state index in [9.17, 15) is 0 Å². The van der Waals surface area contributed by atoms with E-state index in [1.165, 1.54) is 0 Å². The first-order valence-corrected chi connectivity index (χ1v) is 7.47. The van der Waals surface area contributed by atoms with Gasteiger partial charge in [-0.3, -0.25) is 0 Å². The highest BCUT2D eigenvalue weighted by Gasteiger charge is 2.10. The molecule has 0 saturated heterocycles. The molecule has 1 heterocycles. The van der Waals surface area contributed by atoms with Crippen molar-refractivity contribution in [2.24, 2.45) is 5.92 Å². The summed E-state index contributed by atoms with van der Waals surface area (Å²) in [5, 5.41) is 7.93. The average Bonchev–Trinajstić information content (AvgIpc) is 2.83. The number of benzene rings is 1. The van der Waals surface area contributed by atoms with E-state index in [1.807, 2.05) is 31.2 Å². The topological polar surface area (TPSA) is 47.3 Å². The smallest absolute Gasteiger partial charge is 0.142 e. The van der Waals surface area contributed by atoms with Gasteiger partial charge in [-0.2, -0.15) is 0 Å². The minimum absolute atomic E-state index is 0.345. The van der Waals surface area contributed by atoms with Crippen LogP contribution in [-0.4, -0.2) is 11.7 Å². The molecular formula is C16H21ClN2O2. The van der Waals surface area contributed by atoms with Crippen molar-refractivity contribution in [2.45, 2.75) is 33.9 Å². The van der Waals surface area contributed by atoms with E-state index in [4.69, 9.17) is 20.9 Å². The molecule has 21 heavy (non-hydrogen) atoms. The van der Waals surface area contributed by atoms with Gasteiger partial charge in [0.05, 0.1) is 5.02 Å². The first-order valence-electron chi connectivity index (χ1n) is 7.09. The molecule has 0 radical (unpaired) electrons. The summed E-state index contributed by atoms with van der Waals surface area (Å²) < 4.78 is 10.9. The quantitative estimate of drug-likeness (QED) is 0.841. The van der Waals surface area contributed by atoms with Crippen molar-refractivity contribution in [2.75, 3.05) is 6.54 Å². The molecule has 2 rings (SSSR count). The van der Waals surface area contributed by atoms with Crippen LogP contribution >= 0.6 is 11.6 Å². The van der Waals surface area contributed by atoms with Crippen molar-refractivity contribution in [3.05, 3.63) is 46.3 Å². The molecule has 4 nitrogen and oxygen atoms in total. The van der Waals surface area contributed by atoms with Crippen molar-refractivity contribution in [1.29, 1.82) is 0 Å². The van der Waals surface area contributed by atoms with Crippen LogP contribution in [-0.2, 0) is 13.2 Å². The predicted octanol–water partition coefficient (Wildman–Crippen LogP) is 3.96. The summed E-state index contributed by atoms with van der Waals surface area (Å²) >= 11 is 6.25. The van der Waals surface area contributed by atoms with Gasteiger partial charge >= 0.3 is 0 Å². The van der Waals surface area contributed by atoms with E-state index in [2.05, 4.69) is 24.3 Å². The third-order valence-electron chi connectivity index (χ3n) is 2.96. The number of hydrogen-bond acceptors (Lipinski definition) is 4. The number of rotatable bonds is 7. The molecule has 5 heteroatoms. The van der Waals surface area contributed by atoms with Crippen molar-refractivity contribution in [1.82, 2.24) is 10.5 Å². The number of halogens is 1. The van der Waals surface area contributed by atoms with Crippen LogP contribution in [0, 0.1) is 12.8 Å². The Labute approximate surface area is 130 Å². The zero-order valence-corrected chi connectivity index (χ0v) is 13.4. The fraction of sp³-hybridized carbons (Fsp3) is 0.438. The summed E-state index contributed by atoms with van der Waals surface area (Å²) in [5.74, 6) is 2.08. The number of ether oxygens (including phenoxy) is 1. The van der Waals surface area contributed by atoms with Crippen LogP contribution in [0.4, 0.5) is 0 Å². The first-order chi connectivity index (χ1) is 10.1. The van der Waals surface area contributed by atoms with Gasteiger partial charge in [0.1, 0.15) is 23.8 Å². The molecule has 1 aromatic carbocycles. The highest BCUT2D eigenvalue weighted by Crippen LogP contribution is 2.29. The second-order valence-electron chi connectivity index (χ2n) is 5.47. The van der Waals surface area contributed by atoms with Gasteiger partial charge in [-0.25, -0.2) is 0 Å². The van der Waals surface area contributed by atoms with Crippen LogP contribution in [0.1, 0.15) is 30.9 Å². The lowest BCUT2D eigenvalue weighted by Gasteiger charge is -2.13. The number of hydrogen-bond donors (Lipinski definition) is 1. The maximum absolute atomic E-state index is 6.25. The summed E-state index contributed by atoms with van der Waals surface area (Å²) in [6.07, 6.45) is 0. The second-order valence-corrected chi connectivity index (χ2v) is 5.88. The fourth-order valence-electron chi connectivity index (χ4n) is 1.98. The second kappa shape index (κ2) is 7.48. The van der Waals surface area contributed by atoms with E-state index in [0.29, 0.717) is 23.3 Å². The Kier molecular flexibility index (Phi) is 5.65. The van der Waals surface area contributed by atoms with Gasteiger partial charge in [0.15, 0.2) is 0 Å². The zero-order chi connectivity index (χ0) is 15.2. The van der Waals surface area contributed by atoms with E-state index >= 15 is 0 Å². The molecule has 1 N–H and O–H groups in total. The first kappa shape index (κ1) is 15.9. The van der Waals surface area contributed by atoms with E-state index < -0.39 is 0 Å². The largest absolute Gasteiger partial charge is 0.485 e. The van der Waals surface area contributed by atoms with Gasteiger partial charge in [0.25, 0.3) is 0 Å². The molecule has 0 spiro atoms. The molecule has 0 amide bonds. The molecule has 0 saturated carbocycles. The van der Waals surface area contributed by atoms with Gasteiger partial charge in [-0.05, 0) is 25.5 Å². The van der Waals surface area contributed by atoms with Crippen LogP contribution in [0.5, 0.6) is 5.75 Å². The van der Waals surface area contributed by atoms with Crippen LogP contribution in [0.25, 0.3) is 0 Å².